The zero-order valence-corrected chi connectivity index (χ0v) is 7.23. The maximum Gasteiger partial charge on any atom is 0.0592 e. The van der Waals surface area contributed by atoms with Gasteiger partial charge < -0.3 is 10.1 Å². The van der Waals surface area contributed by atoms with Crippen molar-refractivity contribution < 1.29 is 4.74 Å². The summed E-state index contributed by atoms with van der Waals surface area (Å²) in [4.78, 5) is 0. The van der Waals surface area contributed by atoms with Gasteiger partial charge in [0.15, 0.2) is 0 Å². The monoisotopic (exact) mass is 155 g/mol. The molecule has 0 aromatic rings. The first-order valence-electron chi connectivity index (χ1n) is 4.30. The molecule has 0 aromatic carbocycles. The lowest BCUT2D eigenvalue weighted by Crippen LogP contribution is -2.17. The van der Waals surface area contributed by atoms with E-state index in [1.165, 1.54) is 12.8 Å². The van der Waals surface area contributed by atoms with Crippen LogP contribution in [0.1, 0.15) is 26.2 Å². The van der Waals surface area contributed by atoms with Crippen molar-refractivity contribution in [2.24, 2.45) is 0 Å². The first-order chi connectivity index (χ1) is 5.29. The smallest absolute Gasteiger partial charge is 0.0592 e. The Labute approximate surface area is 68.6 Å². The van der Waals surface area contributed by atoms with Crippen LogP contribution in [-0.4, -0.2) is 19.3 Å². The van der Waals surface area contributed by atoms with Gasteiger partial charge in [0.05, 0.1) is 6.10 Å². The zero-order chi connectivity index (χ0) is 8.10. The van der Waals surface area contributed by atoms with Crippen LogP contribution in [0.2, 0.25) is 0 Å². The molecule has 1 saturated heterocycles. The van der Waals surface area contributed by atoms with Gasteiger partial charge in [-0.2, -0.15) is 0 Å². The lowest BCUT2D eigenvalue weighted by atomic mass is 10.2. The fourth-order valence-corrected chi connectivity index (χ4v) is 1.32. The highest BCUT2D eigenvalue weighted by molar-refractivity contribution is 4.84. The van der Waals surface area contributed by atoms with Crippen molar-refractivity contribution >= 4 is 0 Å². The van der Waals surface area contributed by atoms with Crippen LogP contribution in [0.25, 0.3) is 0 Å². The van der Waals surface area contributed by atoms with E-state index in [0.29, 0.717) is 6.10 Å². The van der Waals surface area contributed by atoms with Gasteiger partial charge in [-0.1, -0.05) is 6.58 Å². The van der Waals surface area contributed by atoms with Crippen molar-refractivity contribution in [3.63, 3.8) is 0 Å². The van der Waals surface area contributed by atoms with Gasteiger partial charge in [0.25, 0.3) is 0 Å². The summed E-state index contributed by atoms with van der Waals surface area (Å²) in [5, 5.41) is 3.20. The van der Waals surface area contributed by atoms with Crippen LogP contribution in [0.3, 0.4) is 0 Å². The Hall–Kier alpha value is -0.500. The summed E-state index contributed by atoms with van der Waals surface area (Å²) in [6.45, 7) is 7.71. The van der Waals surface area contributed by atoms with E-state index in [0.717, 1.165) is 25.3 Å². The van der Waals surface area contributed by atoms with Crippen molar-refractivity contribution in [2.75, 3.05) is 13.2 Å². The lowest BCUT2D eigenvalue weighted by Gasteiger charge is -2.09. The summed E-state index contributed by atoms with van der Waals surface area (Å²) < 4.78 is 5.47. The van der Waals surface area contributed by atoms with Crippen LogP contribution >= 0.6 is 0 Å². The molecule has 64 valence electrons. The summed E-state index contributed by atoms with van der Waals surface area (Å²) in [5.74, 6) is 0. The van der Waals surface area contributed by atoms with Gasteiger partial charge in [-0.3, -0.25) is 0 Å². The standard InChI is InChI=1S/C9H17NO/c1-8(2)10-6-5-9-4-3-7-11-9/h9-10H,1,3-7H2,2H3. The molecular formula is C9H17NO. The third-order valence-electron chi connectivity index (χ3n) is 1.92. The fraction of sp³-hybridized carbons (Fsp3) is 0.778. The van der Waals surface area contributed by atoms with Crippen molar-refractivity contribution in [2.45, 2.75) is 32.3 Å². The predicted octanol–water partition coefficient (Wildman–Crippen LogP) is 1.68. The molecular weight excluding hydrogens is 138 g/mol. The zero-order valence-electron chi connectivity index (χ0n) is 7.23. The molecule has 11 heavy (non-hydrogen) atoms. The molecule has 1 aliphatic heterocycles. The molecule has 0 bridgehead atoms. The summed E-state index contributed by atoms with van der Waals surface area (Å²) in [6, 6.07) is 0. The van der Waals surface area contributed by atoms with Gasteiger partial charge in [0, 0.05) is 18.8 Å². The van der Waals surface area contributed by atoms with Gasteiger partial charge >= 0.3 is 0 Å². The number of rotatable bonds is 4. The molecule has 0 aliphatic carbocycles. The largest absolute Gasteiger partial charge is 0.389 e. The highest BCUT2D eigenvalue weighted by atomic mass is 16.5. The maximum absolute atomic E-state index is 5.47. The van der Waals surface area contributed by atoms with Gasteiger partial charge in [-0.15, -0.1) is 0 Å². The van der Waals surface area contributed by atoms with Gasteiger partial charge in [0.2, 0.25) is 0 Å². The van der Waals surface area contributed by atoms with E-state index in [2.05, 4.69) is 11.9 Å². The van der Waals surface area contributed by atoms with Gasteiger partial charge in [-0.25, -0.2) is 0 Å². The number of ether oxygens (including phenoxy) is 1. The molecule has 0 radical (unpaired) electrons. The molecule has 2 heteroatoms. The molecule has 1 fully saturated rings. The maximum atomic E-state index is 5.47. The third kappa shape index (κ3) is 3.42. The minimum atomic E-state index is 0.502. The molecule has 1 aliphatic rings. The molecule has 1 rings (SSSR count). The molecule has 1 heterocycles. The first kappa shape index (κ1) is 8.60. The predicted molar refractivity (Wildman–Crippen MR) is 46.4 cm³/mol. The topological polar surface area (TPSA) is 21.3 Å². The number of nitrogens with one attached hydrogen (secondary N) is 1. The van der Waals surface area contributed by atoms with Crippen molar-refractivity contribution in [3.8, 4) is 0 Å². The first-order valence-corrected chi connectivity index (χ1v) is 4.30. The van der Waals surface area contributed by atoms with Crippen molar-refractivity contribution in [3.05, 3.63) is 12.3 Å². The summed E-state index contributed by atoms with van der Waals surface area (Å²) in [5.41, 5.74) is 1.04. The molecule has 0 amide bonds. The lowest BCUT2D eigenvalue weighted by molar-refractivity contribution is 0.105. The van der Waals surface area contributed by atoms with E-state index in [1.807, 2.05) is 6.92 Å². The Morgan fingerprint density at radius 1 is 1.73 bits per heavy atom. The van der Waals surface area contributed by atoms with E-state index in [9.17, 15) is 0 Å². The minimum absolute atomic E-state index is 0.502. The molecule has 0 aromatic heterocycles. The Balaban J connectivity index is 1.98. The Morgan fingerprint density at radius 2 is 2.55 bits per heavy atom. The Kier molecular flexibility index (Phi) is 3.43. The molecule has 1 atom stereocenters. The van der Waals surface area contributed by atoms with Gasteiger partial charge in [0.1, 0.15) is 0 Å². The quantitative estimate of drug-likeness (QED) is 0.667. The molecule has 2 nitrogen and oxygen atoms in total. The van der Waals surface area contributed by atoms with E-state index < -0.39 is 0 Å². The highest BCUT2D eigenvalue weighted by Gasteiger charge is 2.13. The average molecular weight is 155 g/mol. The van der Waals surface area contributed by atoms with Crippen LogP contribution in [0.5, 0.6) is 0 Å². The van der Waals surface area contributed by atoms with Crippen LogP contribution in [0.4, 0.5) is 0 Å². The Bertz CT molecular complexity index is 128. The van der Waals surface area contributed by atoms with Gasteiger partial charge in [-0.05, 0) is 26.2 Å². The second-order valence-electron chi connectivity index (χ2n) is 3.13. The second kappa shape index (κ2) is 4.39. The number of hydrogen-bond acceptors (Lipinski definition) is 2. The molecule has 0 spiro atoms. The third-order valence-corrected chi connectivity index (χ3v) is 1.92. The SMILES string of the molecule is C=C(C)NCCC1CCCO1. The molecule has 0 saturated carbocycles. The van der Waals surface area contributed by atoms with E-state index in [-0.39, 0.29) is 0 Å². The van der Waals surface area contributed by atoms with Crippen LogP contribution < -0.4 is 5.32 Å². The van der Waals surface area contributed by atoms with Crippen LogP contribution in [-0.2, 0) is 4.74 Å². The minimum Gasteiger partial charge on any atom is -0.389 e. The van der Waals surface area contributed by atoms with E-state index in [4.69, 9.17) is 4.74 Å². The van der Waals surface area contributed by atoms with Crippen LogP contribution in [0, 0.1) is 0 Å². The van der Waals surface area contributed by atoms with Crippen molar-refractivity contribution in [1.29, 1.82) is 0 Å². The van der Waals surface area contributed by atoms with Crippen molar-refractivity contribution in [1.82, 2.24) is 5.32 Å². The second-order valence-corrected chi connectivity index (χ2v) is 3.13. The van der Waals surface area contributed by atoms with Crippen LogP contribution in [0.15, 0.2) is 12.3 Å². The molecule has 1 unspecified atom stereocenters. The number of allylic oxidation sites excluding steroid dienone is 1. The summed E-state index contributed by atoms with van der Waals surface area (Å²) in [7, 11) is 0. The average Bonchev–Trinajstić information content (AvgIpc) is 2.39. The van der Waals surface area contributed by atoms with E-state index >= 15 is 0 Å². The Morgan fingerprint density at radius 3 is 3.09 bits per heavy atom. The normalized spacial score (nSPS) is 23.5. The summed E-state index contributed by atoms with van der Waals surface area (Å²) >= 11 is 0. The molecule has 1 N–H and O–H groups in total. The van der Waals surface area contributed by atoms with E-state index in [1.54, 1.807) is 0 Å². The fourth-order valence-electron chi connectivity index (χ4n) is 1.32. The summed E-state index contributed by atoms with van der Waals surface area (Å²) in [6.07, 6.45) is 4.09. The highest BCUT2D eigenvalue weighted by Crippen LogP contribution is 2.14. The number of hydrogen-bond donors (Lipinski definition) is 1.